The van der Waals surface area contributed by atoms with Gasteiger partial charge in [0, 0.05) is 5.02 Å². The van der Waals surface area contributed by atoms with E-state index in [1.807, 2.05) is 0 Å². The third kappa shape index (κ3) is 3.72. The molecular weight excluding hydrogens is 232 g/mol. The number of carboxylic acids is 1. The van der Waals surface area contributed by atoms with Crippen molar-refractivity contribution < 1.29 is 19.7 Å². The minimum Gasteiger partial charge on any atom is -0.490 e. The number of aromatic carboxylic acids is 1. The summed E-state index contributed by atoms with van der Waals surface area (Å²) in [6.07, 6.45) is 0. The quantitative estimate of drug-likeness (QED) is 0.852. The summed E-state index contributed by atoms with van der Waals surface area (Å²) < 4.78 is 5.23. The monoisotopic (exact) mass is 244 g/mol. The Morgan fingerprint density at radius 2 is 2.12 bits per heavy atom. The van der Waals surface area contributed by atoms with Gasteiger partial charge in [-0.3, -0.25) is 0 Å². The fourth-order valence-corrected chi connectivity index (χ4v) is 1.21. The number of ether oxygens (including phenoxy) is 1. The minimum absolute atomic E-state index is 0.00633. The first-order valence-electron chi connectivity index (χ1n) is 4.67. The van der Waals surface area contributed by atoms with Gasteiger partial charge in [-0.15, -0.1) is 0 Å². The Morgan fingerprint density at radius 3 is 2.62 bits per heavy atom. The van der Waals surface area contributed by atoms with E-state index in [0.717, 1.165) is 0 Å². The highest BCUT2D eigenvalue weighted by Crippen LogP contribution is 2.24. The average molecular weight is 245 g/mol. The van der Waals surface area contributed by atoms with E-state index in [0.29, 0.717) is 5.02 Å². The van der Waals surface area contributed by atoms with E-state index in [-0.39, 0.29) is 17.9 Å². The van der Waals surface area contributed by atoms with Crippen molar-refractivity contribution in [1.82, 2.24) is 0 Å². The Labute approximate surface area is 98.4 Å². The molecule has 0 heterocycles. The van der Waals surface area contributed by atoms with E-state index in [9.17, 15) is 9.90 Å². The van der Waals surface area contributed by atoms with Crippen LogP contribution in [0.3, 0.4) is 0 Å². The lowest BCUT2D eigenvalue weighted by Gasteiger charge is -2.18. The number of carboxylic acid groups (broad SMARTS) is 1. The largest absolute Gasteiger partial charge is 0.490 e. The fourth-order valence-electron chi connectivity index (χ4n) is 1.05. The summed E-state index contributed by atoms with van der Waals surface area (Å²) in [5.41, 5.74) is -1.01. The lowest BCUT2D eigenvalue weighted by Crippen LogP contribution is -2.28. The van der Waals surface area contributed by atoms with Gasteiger partial charge in [-0.1, -0.05) is 11.6 Å². The molecule has 0 fully saturated rings. The highest BCUT2D eigenvalue weighted by Gasteiger charge is 2.17. The van der Waals surface area contributed by atoms with Gasteiger partial charge in [-0.05, 0) is 32.0 Å². The van der Waals surface area contributed by atoms with Crippen LogP contribution in [0.5, 0.6) is 5.75 Å². The van der Waals surface area contributed by atoms with Crippen LogP contribution in [-0.2, 0) is 0 Å². The van der Waals surface area contributed by atoms with Crippen molar-refractivity contribution in [3.63, 3.8) is 0 Å². The number of carbonyl (C=O) groups is 1. The van der Waals surface area contributed by atoms with E-state index in [2.05, 4.69) is 0 Å². The van der Waals surface area contributed by atoms with Crippen LogP contribution in [0.2, 0.25) is 5.02 Å². The van der Waals surface area contributed by atoms with Gasteiger partial charge in [-0.25, -0.2) is 4.79 Å². The number of hydrogen-bond donors (Lipinski definition) is 2. The lowest BCUT2D eigenvalue weighted by atomic mass is 10.1. The van der Waals surface area contributed by atoms with Crippen LogP contribution in [0.4, 0.5) is 0 Å². The third-order valence-electron chi connectivity index (χ3n) is 1.75. The van der Waals surface area contributed by atoms with Crippen molar-refractivity contribution in [2.24, 2.45) is 0 Å². The molecule has 0 radical (unpaired) electrons. The first kappa shape index (κ1) is 12.8. The van der Waals surface area contributed by atoms with E-state index in [1.54, 1.807) is 13.8 Å². The molecular formula is C11H13ClO4. The third-order valence-corrected chi connectivity index (χ3v) is 1.99. The van der Waals surface area contributed by atoms with Crippen molar-refractivity contribution in [2.75, 3.05) is 6.61 Å². The molecule has 1 rings (SSSR count). The molecule has 0 aromatic heterocycles. The SMILES string of the molecule is CC(C)(O)COc1cc(Cl)ccc1C(=O)O. The molecule has 0 amide bonds. The summed E-state index contributed by atoms with van der Waals surface area (Å²) in [5, 5.41) is 18.8. The average Bonchev–Trinajstić information content (AvgIpc) is 2.13. The van der Waals surface area contributed by atoms with Gasteiger partial charge in [0.2, 0.25) is 0 Å². The highest BCUT2D eigenvalue weighted by molar-refractivity contribution is 6.30. The molecule has 1 aromatic rings. The molecule has 0 aliphatic heterocycles. The summed E-state index contributed by atoms with van der Waals surface area (Å²) in [4.78, 5) is 10.9. The molecule has 0 aliphatic carbocycles. The molecule has 0 atom stereocenters. The standard InChI is InChI=1S/C11H13ClO4/c1-11(2,15)6-16-9-5-7(12)3-4-8(9)10(13)14/h3-5,15H,6H2,1-2H3,(H,13,14). The summed E-state index contributed by atoms with van der Waals surface area (Å²) in [7, 11) is 0. The van der Waals surface area contributed by atoms with Crippen LogP contribution in [0, 0.1) is 0 Å². The second-order valence-electron chi connectivity index (χ2n) is 4.05. The molecule has 0 unspecified atom stereocenters. The van der Waals surface area contributed by atoms with Gasteiger partial charge in [0.1, 0.15) is 17.9 Å². The van der Waals surface area contributed by atoms with E-state index in [1.165, 1.54) is 18.2 Å². The maximum Gasteiger partial charge on any atom is 0.339 e. The zero-order valence-corrected chi connectivity index (χ0v) is 9.78. The predicted molar refractivity (Wildman–Crippen MR) is 60.2 cm³/mol. The van der Waals surface area contributed by atoms with Gasteiger partial charge < -0.3 is 14.9 Å². The minimum atomic E-state index is -1.09. The van der Waals surface area contributed by atoms with Gasteiger partial charge in [0.05, 0.1) is 5.60 Å². The van der Waals surface area contributed by atoms with Gasteiger partial charge >= 0.3 is 5.97 Å². The maximum atomic E-state index is 10.9. The zero-order valence-electron chi connectivity index (χ0n) is 9.03. The molecule has 0 spiro atoms. The first-order chi connectivity index (χ1) is 7.29. The second kappa shape index (κ2) is 4.72. The molecule has 0 saturated carbocycles. The Balaban J connectivity index is 2.93. The Kier molecular flexibility index (Phi) is 3.78. The number of rotatable bonds is 4. The number of aliphatic hydroxyl groups is 1. The predicted octanol–water partition coefficient (Wildman–Crippen LogP) is 2.19. The number of halogens is 1. The first-order valence-corrected chi connectivity index (χ1v) is 5.05. The van der Waals surface area contributed by atoms with Crippen molar-refractivity contribution in [2.45, 2.75) is 19.4 Å². The second-order valence-corrected chi connectivity index (χ2v) is 4.48. The van der Waals surface area contributed by atoms with Crippen LogP contribution in [0.25, 0.3) is 0 Å². The van der Waals surface area contributed by atoms with E-state index < -0.39 is 11.6 Å². The number of benzene rings is 1. The smallest absolute Gasteiger partial charge is 0.339 e. The Hall–Kier alpha value is -1.26. The van der Waals surface area contributed by atoms with Crippen LogP contribution < -0.4 is 4.74 Å². The van der Waals surface area contributed by atoms with Crippen LogP contribution in [0.15, 0.2) is 18.2 Å². The van der Waals surface area contributed by atoms with E-state index in [4.69, 9.17) is 21.4 Å². The lowest BCUT2D eigenvalue weighted by molar-refractivity contribution is 0.0275. The van der Waals surface area contributed by atoms with Crippen LogP contribution in [-0.4, -0.2) is 28.4 Å². The number of hydrogen-bond acceptors (Lipinski definition) is 3. The summed E-state index contributed by atoms with van der Waals surface area (Å²) in [5.74, 6) is -0.940. The summed E-state index contributed by atoms with van der Waals surface area (Å²) >= 11 is 5.74. The molecule has 16 heavy (non-hydrogen) atoms. The molecule has 0 saturated heterocycles. The van der Waals surface area contributed by atoms with Crippen molar-refractivity contribution in [3.05, 3.63) is 28.8 Å². The van der Waals surface area contributed by atoms with Gasteiger partial charge in [0.15, 0.2) is 0 Å². The van der Waals surface area contributed by atoms with Crippen molar-refractivity contribution in [3.8, 4) is 5.75 Å². The van der Waals surface area contributed by atoms with Crippen molar-refractivity contribution in [1.29, 1.82) is 0 Å². The Bertz CT molecular complexity index is 395. The topological polar surface area (TPSA) is 66.8 Å². The molecule has 4 nitrogen and oxygen atoms in total. The zero-order chi connectivity index (χ0) is 12.3. The molecule has 5 heteroatoms. The van der Waals surface area contributed by atoms with Gasteiger partial charge in [-0.2, -0.15) is 0 Å². The molecule has 1 aromatic carbocycles. The van der Waals surface area contributed by atoms with Crippen LogP contribution >= 0.6 is 11.6 Å². The fraction of sp³-hybridized carbons (Fsp3) is 0.364. The van der Waals surface area contributed by atoms with E-state index >= 15 is 0 Å². The molecule has 0 bridgehead atoms. The summed E-state index contributed by atoms with van der Waals surface area (Å²) in [6.45, 7) is 3.13. The highest BCUT2D eigenvalue weighted by atomic mass is 35.5. The van der Waals surface area contributed by atoms with Crippen LogP contribution in [0.1, 0.15) is 24.2 Å². The van der Waals surface area contributed by atoms with Gasteiger partial charge in [0.25, 0.3) is 0 Å². The summed E-state index contributed by atoms with van der Waals surface area (Å²) in [6, 6.07) is 4.25. The Morgan fingerprint density at radius 1 is 1.50 bits per heavy atom. The molecule has 2 N–H and O–H groups in total. The normalized spacial score (nSPS) is 11.2. The molecule has 88 valence electrons. The maximum absolute atomic E-state index is 10.9. The molecule has 0 aliphatic rings. The van der Waals surface area contributed by atoms with Crippen molar-refractivity contribution >= 4 is 17.6 Å².